The molecule has 0 unspecified atom stereocenters. The van der Waals surface area contributed by atoms with Crippen LogP contribution in [0.5, 0.6) is 11.5 Å². The van der Waals surface area contributed by atoms with Crippen LogP contribution >= 0.6 is 15.9 Å². The lowest BCUT2D eigenvalue weighted by molar-refractivity contribution is 0.0751. The van der Waals surface area contributed by atoms with Crippen molar-refractivity contribution in [3.63, 3.8) is 0 Å². The fraction of sp³-hybridized carbons (Fsp3) is 0.500. The Morgan fingerprint density at radius 2 is 2.11 bits per heavy atom. The minimum atomic E-state index is 0.0291. The van der Waals surface area contributed by atoms with Crippen LogP contribution in [0.25, 0.3) is 0 Å². The molecule has 0 aromatic heterocycles. The smallest absolute Gasteiger partial charge is 0.257 e. The fourth-order valence-corrected chi connectivity index (χ4v) is 2.44. The predicted molar refractivity (Wildman–Crippen MR) is 77.4 cm³/mol. The van der Waals surface area contributed by atoms with E-state index in [4.69, 9.17) is 9.47 Å². The van der Waals surface area contributed by atoms with Crippen molar-refractivity contribution in [2.24, 2.45) is 0 Å². The van der Waals surface area contributed by atoms with E-state index in [1.165, 1.54) is 0 Å². The Bertz CT molecular complexity index is 460. The van der Waals surface area contributed by atoms with Crippen molar-refractivity contribution in [2.75, 3.05) is 26.1 Å². The van der Waals surface area contributed by atoms with Gasteiger partial charge in [-0.15, -0.1) is 0 Å². The molecule has 1 amide bonds. The first-order valence-electron chi connectivity index (χ1n) is 6.30. The molecule has 1 aromatic rings. The number of benzene rings is 1. The number of rotatable bonds is 6. The summed E-state index contributed by atoms with van der Waals surface area (Å²) >= 11 is 3.40. The zero-order valence-electron chi connectivity index (χ0n) is 11.2. The Kier molecular flexibility index (Phi) is 4.69. The Labute approximate surface area is 121 Å². The molecule has 1 saturated carbocycles. The van der Waals surface area contributed by atoms with Crippen molar-refractivity contribution in [1.29, 1.82) is 0 Å². The first-order chi connectivity index (χ1) is 9.21. The van der Waals surface area contributed by atoms with Crippen molar-refractivity contribution >= 4 is 21.8 Å². The monoisotopic (exact) mass is 327 g/mol. The summed E-state index contributed by atoms with van der Waals surface area (Å²) in [4.78, 5) is 14.5. The fourth-order valence-electron chi connectivity index (χ4n) is 2.06. The van der Waals surface area contributed by atoms with E-state index in [0.29, 0.717) is 23.1 Å². The van der Waals surface area contributed by atoms with Crippen molar-refractivity contribution in [2.45, 2.75) is 18.9 Å². The van der Waals surface area contributed by atoms with Crippen LogP contribution in [0.2, 0.25) is 0 Å². The molecule has 0 atom stereocenters. The van der Waals surface area contributed by atoms with Crippen molar-refractivity contribution < 1.29 is 14.3 Å². The molecule has 0 bridgehead atoms. The van der Waals surface area contributed by atoms with Gasteiger partial charge >= 0.3 is 0 Å². The summed E-state index contributed by atoms with van der Waals surface area (Å²) in [6, 6.07) is 5.68. The highest BCUT2D eigenvalue weighted by atomic mass is 79.9. The van der Waals surface area contributed by atoms with Crippen LogP contribution in [-0.2, 0) is 0 Å². The Morgan fingerprint density at radius 1 is 1.37 bits per heavy atom. The number of nitrogens with zero attached hydrogens (tertiary/aromatic N) is 1. The van der Waals surface area contributed by atoms with Crippen molar-refractivity contribution in [3.8, 4) is 11.5 Å². The molecular weight excluding hydrogens is 310 g/mol. The van der Waals surface area contributed by atoms with E-state index in [0.717, 1.165) is 24.7 Å². The van der Waals surface area contributed by atoms with E-state index in [-0.39, 0.29) is 5.91 Å². The third kappa shape index (κ3) is 3.21. The lowest BCUT2D eigenvalue weighted by Crippen LogP contribution is -2.34. The SMILES string of the molecule is COc1ccc(C(=O)N(CCBr)C2CC2)c(OC)c1. The number of hydrogen-bond acceptors (Lipinski definition) is 3. The van der Waals surface area contributed by atoms with Gasteiger partial charge in [-0.25, -0.2) is 0 Å². The highest BCUT2D eigenvalue weighted by Gasteiger charge is 2.33. The van der Waals surface area contributed by atoms with Gasteiger partial charge in [-0.2, -0.15) is 0 Å². The molecule has 0 radical (unpaired) electrons. The van der Waals surface area contributed by atoms with Crippen LogP contribution in [0, 0.1) is 0 Å². The molecule has 0 spiro atoms. The quantitative estimate of drug-likeness (QED) is 0.754. The minimum absolute atomic E-state index is 0.0291. The summed E-state index contributed by atoms with van der Waals surface area (Å²) in [6.07, 6.45) is 2.19. The van der Waals surface area contributed by atoms with Gasteiger partial charge in [0.2, 0.25) is 0 Å². The average Bonchev–Trinajstić information content (AvgIpc) is 3.27. The summed E-state index contributed by atoms with van der Waals surface area (Å²) in [6.45, 7) is 0.721. The molecule has 1 aliphatic carbocycles. The zero-order chi connectivity index (χ0) is 13.8. The maximum Gasteiger partial charge on any atom is 0.257 e. The molecule has 4 nitrogen and oxygen atoms in total. The molecule has 104 valence electrons. The highest BCUT2D eigenvalue weighted by molar-refractivity contribution is 9.09. The van der Waals surface area contributed by atoms with Crippen LogP contribution < -0.4 is 9.47 Å². The summed E-state index contributed by atoms with van der Waals surface area (Å²) in [5, 5.41) is 0.785. The summed E-state index contributed by atoms with van der Waals surface area (Å²) in [5.74, 6) is 1.28. The van der Waals surface area contributed by atoms with Crippen LogP contribution in [0.1, 0.15) is 23.2 Å². The van der Waals surface area contributed by atoms with Gasteiger partial charge in [-0.3, -0.25) is 4.79 Å². The third-order valence-electron chi connectivity index (χ3n) is 3.21. The molecular formula is C14H18BrNO3. The predicted octanol–water partition coefficient (Wildman–Crippen LogP) is 2.70. The van der Waals surface area contributed by atoms with Gasteiger partial charge in [0.15, 0.2) is 0 Å². The Morgan fingerprint density at radius 3 is 2.63 bits per heavy atom. The molecule has 1 aromatic carbocycles. The second kappa shape index (κ2) is 6.28. The number of carbonyl (C=O) groups is 1. The van der Waals surface area contributed by atoms with Gasteiger partial charge in [0.25, 0.3) is 5.91 Å². The number of methoxy groups -OCH3 is 2. The number of ether oxygens (including phenoxy) is 2. The topological polar surface area (TPSA) is 38.8 Å². The molecule has 1 aliphatic rings. The maximum absolute atomic E-state index is 12.6. The van der Waals surface area contributed by atoms with Crippen LogP contribution in [0.15, 0.2) is 18.2 Å². The molecule has 0 heterocycles. The Hall–Kier alpha value is -1.23. The molecule has 0 saturated heterocycles. The molecule has 5 heteroatoms. The van der Waals surface area contributed by atoms with E-state index < -0.39 is 0 Å². The lowest BCUT2D eigenvalue weighted by Gasteiger charge is -2.22. The van der Waals surface area contributed by atoms with Gasteiger partial charge < -0.3 is 14.4 Å². The van der Waals surface area contributed by atoms with E-state index in [1.54, 1.807) is 32.4 Å². The summed E-state index contributed by atoms with van der Waals surface area (Å²) in [7, 11) is 3.16. The largest absolute Gasteiger partial charge is 0.497 e. The van der Waals surface area contributed by atoms with E-state index in [1.807, 2.05) is 4.90 Å². The van der Waals surface area contributed by atoms with Crippen molar-refractivity contribution in [3.05, 3.63) is 23.8 Å². The molecule has 0 N–H and O–H groups in total. The van der Waals surface area contributed by atoms with E-state index in [2.05, 4.69) is 15.9 Å². The van der Waals surface area contributed by atoms with E-state index in [9.17, 15) is 4.79 Å². The number of carbonyl (C=O) groups excluding carboxylic acids is 1. The minimum Gasteiger partial charge on any atom is -0.497 e. The average molecular weight is 328 g/mol. The molecule has 2 rings (SSSR count). The first kappa shape index (κ1) is 14.2. The maximum atomic E-state index is 12.6. The lowest BCUT2D eigenvalue weighted by atomic mass is 10.1. The van der Waals surface area contributed by atoms with Gasteiger partial charge in [-0.1, -0.05) is 15.9 Å². The highest BCUT2D eigenvalue weighted by Crippen LogP contribution is 2.31. The molecule has 1 fully saturated rings. The number of hydrogen-bond donors (Lipinski definition) is 0. The van der Waals surface area contributed by atoms with Gasteiger partial charge in [0, 0.05) is 24.0 Å². The van der Waals surface area contributed by atoms with Crippen LogP contribution in [-0.4, -0.2) is 42.9 Å². The van der Waals surface area contributed by atoms with E-state index >= 15 is 0 Å². The summed E-state index contributed by atoms with van der Waals surface area (Å²) in [5.41, 5.74) is 0.594. The van der Waals surface area contributed by atoms with Gasteiger partial charge in [0.05, 0.1) is 19.8 Å². The zero-order valence-corrected chi connectivity index (χ0v) is 12.8. The number of halogens is 1. The first-order valence-corrected chi connectivity index (χ1v) is 7.42. The third-order valence-corrected chi connectivity index (χ3v) is 3.57. The normalized spacial score (nSPS) is 14.1. The second-order valence-corrected chi connectivity index (χ2v) is 5.28. The molecule has 0 aliphatic heterocycles. The van der Waals surface area contributed by atoms with Crippen LogP contribution in [0.4, 0.5) is 0 Å². The Balaban J connectivity index is 2.26. The van der Waals surface area contributed by atoms with Gasteiger partial charge in [0.1, 0.15) is 11.5 Å². The number of amides is 1. The number of alkyl halides is 1. The van der Waals surface area contributed by atoms with Crippen LogP contribution in [0.3, 0.4) is 0 Å². The standard InChI is InChI=1S/C14H18BrNO3/c1-18-11-5-6-12(13(9-11)19-2)14(17)16(8-7-15)10-3-4-10/h5-6,9-10H,3-4,7-8H2,1-2H3. The van der Waals surface area contributed by atoms with Gasteiger partial charge in [-0.05, 0) is 25.0 Å². The second-order valence-electron chi connectivity index (χ2n) is 4.48. The molecule has 19 heavy (non-hydrogen) atoms. The summed E-state index contributed by atoms with van der Waals surface area (Å²) < 4.78 is 10.4. The van der Waals surface area contributed by atoms with Crippen molar-refractivity contribution in [1.82, 2.24) is 4.90 Å².